The van der Waals surface area contributed by atoms with Crippen LogP contribution in [0.25, 0.3) is 33.5 Å². The van der Waals surface area contributed by atoms with Crippen molar-refractivity contribution in [1.29, 1.82) is 0 Å². The topological polar surface area (TPSA) is 53.5 Å². The van der Waals surface area contributed by atoms with Crippen LogP contribution >= 0.6 is 0 Å². The second-order valence-electron chi connectivity index (χ2n) is 14.3. The summed E-state index contributed by atoms with van der Waals surface area (Å²) in [5, 5.41) is 0. The number of carbonyl (C=O) groups excluding carboxylic acids is 2. The van der Waals surface area contributed by atoms with Crippen LogP contribution in [0.1, 0.15) is 78.4 Å². The highest BCUT2D eigenvalue weighted by Crippen LogP contribution is 2.37. The number of carbonyl (C=O) groups is 2. The van der Waals surface area contributed by atoms with E-state index in [4.69, 9.17) is 4.98 Å². The Labute approximate surface area is 261 Å². The maximum absolute atomic E-state index is 12.6. The van der Waals surface area contributed by atoms with Crippen molar-refractivity contribution in [3.8, 4) is 33.5 Å². The van der Waals surface area contributed by atoms with E-state index in [-0.39, 0.29) is 22.6 Å². The zero-order valence-corrected chi connectivity index (χ0v) is 26.9. The molecule has 0 N–H and O–H groups in total. The van der Waals surface area contributed by atoms with Crippen molar-refractivity contribution >= 4 is 23.2 Å². The molecule has 0 spiro atoms. The molecule has 0 aliphatic carbocycles. The molecule has 44 heavy (non-hydrogen) atoms. The molecule has 0 atom stereocenters. The minimum absolute atomic E-state index is 0.0550. The maximum Gasteiger partial charge on any atom is 0.227 e. The van der Waals surface area contributed by atoms with Gasteiger partial charge in [0.15, 0.2) is 0 Å². The molecule has 1 aromatic heterocycles. The fourth-order valence-corrected chi connectivity index (χ4v) is 6.14. The van der Waals surface area contributed by atoms with Gasteiger partial charge in [-0.2, -0.15) is 0 Å². The summed E-state index contributed by atoms with van der Waals surface area (Å²) in [6.07, 6.45) is 4.85. The van der Waals surface area contributed by atoms with Crippen molar-refractivity contribution in [2.75, 3.05) is 22.9 Å². The van der Waals surface area contributed by atoms with E-state index in [1.807, 2.05) is 22.1 Å². The van der Waals surface area contributed by atoms with Gasteiger partial charge >= 0.3 is 0 Å². The van der Waals surface area contributed by atoms with Gasteiger partial charge in [-0.05, 0) is 75.8 Å². The number of pyridine rings is 1. The molecule has 0 bridgehead atoms. The van der Waals surface area contributed by atoms with E-state index in [1.54, 1.807) is 0 Å². The van der Waals surface area contributed by atoms with Crippen molar-refractivity contribution < 1.29 is 9.59 Å². The minimum Gasteiger partial charge on any atom is -0.312 e. The van der Waals surface area contributed by atoms with Gasteiger partial charge < -0.3 is 9.80 Å². The van der Waals surface area contributed by atoms with Crippen molar-refractivity contribution in [2.24, 2.45) is 0 Å². The molecular weight excluding hydrogens is 542 g/mol. The standard InChI is InChI=1S/C39H43N3O2/c1-38(2,3)31-19-29(20-32(23-31)39(4,5)6)28-15-16-35(40-25-28)27-13-11-26(12-14-27)30-21-33(41-17-7-9-36(41)43)24-34(22-30)42-18-8-10-37(42)44/h11-16,19-25H,7-10,17-18H2,1-6H3. The summed E-state index contributed by atoms with van der Waals surface area (Å²) in [6.45, 7) is 15.0. The second-order valence-corrected chi connectivity index (χ2v) is 14.3. The summed E-state index contributed by atoms with van der Waals surface area (Å²) in [7, 11) is 0. The molecule has 2 amide bonds. The van der Waals surface area contributed by atoms with Crippen LogP contribution in [-0.4, -0.2) is 29.9 Å². The summed E-state index contributed by atoms with van der Waals surface area (Å²) < 4.78 is 0. The third kappa shape index (κ3) is 6.06. The lowest BCUT2D eigenvalue weighted by molar-refractivity contribution is -0.117. The smallest absolute Gasteiger partial charge is 0.227 e. The molecule has 2 fully saturated rings. The van der Waals surface area contributed by atoms with E-state index in [9.17, 15) is 9.59 Å². The Kier molecular flexibility index (Phi) is 7.69. The molecule has 2 saturated heterocycles. The van der Waals surface area contributed by atoms with Gasteiger partial charge in [-0.1, -0.05) is 90.1 Å². The first-order valence-electron chi connectivity index (χ1n) is 15.9. The number of nitrogens with zero attached hydrogens (tertiary/aromatic N) is 3. The molecule has 0 saturated carbocycles. The van der Waals surface area contributed by atoms with Crippen LogP contribution in [0.15, 0.2) is 79.0 Å². The molecule has 2 aliphatic heterocycles. The lowest BCUT2D eigenvalue weighted by atomic mass is 9.79. The van der Waals surface area contributed by atoms with Crippen LogP contribution in [0.2, 0.25) is 0 Å². The molecule has 2 aliphatic rings. The van der Waals surface area contributed by atoms with Crippen molar-refractivity contribution in [2.45, 2.75) is 78.1 Å². The summed E-state index contributed by atoms with van der Waals surface area (Å²) in [4.78, 5) is 33.8. The minimum atomic E-state index is 0.0550. The van der Waals surface area contributed by atoms with Gasteiger partial charge in [0.2, 0.25) is 11.8 Å². The van der Waals surface area contributed by atoms with Crippen LogP contribution in [-0.2, 0) is 20.4 Å². The number of hydrogen-bond acceptors (Lipinski definition) is 3. The third-order valence-electron chi connectivity index (χ3n) is 8.95. The molecule has 226 valence electrons. The lowest BCUT2D eigenvalue weighted by Crippen LogP contribution is -2.26. The van der Waals surface area contributed by atoms with Crippen LogP contribution in [0, 0.1) is 0 Å². The van der Waals surface area contributed by atoms with Crippen LogP contribution in [0.4, 0.5) is 11.4 Å². The fourth-order valence-electron chi connectivity index (χ4n) is 6.14. The highest BCUT2D eigenvalue weighted by Gasteiger charge is 2.27. The number of hydrogen-bond donors (Lipinski definition) is 0. The Bertz CT molecular complexity index is 1630. The van der Waals surface area contributed by atoms with E-state index < -0.39 is 0 Å². The van der Waals surface area contributed by atoms with Crippen LogP contribution in [0.3, 0.4) is 0 Å². The average molecular weight is 586 g/mol. The average Bonchev–Trinajstić information content (AvgIpc) is 3.63. The molecule has 5 heteroatoms. The number of aromatic nitrogens is 1. The molecule has 0 unspecified atom stereocenters. The highest BCUT2D eigenvalue weighted by atomic mass is 16.2. The largest absolute Gasteiger partial charge is 0.312 e. The van der Waals surface area contributed by atoms with Gasteiger partial charge in [0.1, 0.15) is 0 Å². The van der Waals surface area contributed by atoms with E-state index in [2.05, 4.69) is 108 Å². The second kappa shape index (κ2) is 11.4. The summed E-state index contributed by atoms with van der Waals surface area (Å²) in [5.41, 5.74) is 10.8. The first-order valence-corrected chi connectivity index (χ1v) is 15.9. The van der Waals surface area contributed by atoms with Crippen LogP contribution in [0.5, 0.6) is 0 Å². The highest BCUT2D eigenvalue weighted by molar-refractivity contribution is 6.00. The number of benzene rings is 3. The Balaban J connectivity index is 1.30. The van der Waals surface area contributed by atoms with E-state index in [1.165, 1.54) is 16.7 Å². The van der Waals surface area contributed by atoms with Crippen molar-refractivity contribution in [1.82, 2.24) is 4.98 Å². The van der Waals surface area contributed by atoms with Gasteiger partial charge in [0.05, 0.1) is 5.69 Å². The normalized spacial score (nSPS) is 15.9. The van der Waals surface area contributed by atoms with Crippen molar-refractivity contribution in [3.63, 3.8) is 0 Å². The Morgan fingerprint density at radius 3 is 1.45 bits per heavy atom. The number of amides is 2. The van der Waals surface area contributed by atoms with E-state index in [0.717, 1.165) is 52.2 Å². The van der Waals surface area contributed by atoms with Gasteiger partial charge in [-0.3, -0.25) is 14.6 Å². The summed E-state index contributed by atoms with van der Waals surface area (Å²) in [5.74, 6) is 0.288. The van der Waals surface area contributed by atoms with Gasteiger partial charge in [-0.15, -0.1) is 0 Å². The third-order valence-corrected chi connectivity index (χ3v) is 8.95. The molecule has 3 aromatic carbocycles. The lowest BCUT2D eigenvalue weighted by Gasteiger charge is -2.26. The fraction of sp³-hybridized carbons (Fsp3) is 0.359. The molecule has 6 rings (SSSR count). The quantitative estimate of drug-likeness (QED) is 0.235. The van der Waals surface area contributed by atoms with Gasteiger partial charge in [-0.25, -0.2) is 0 Å². The zero-order chi connectivity index (χ0) is 31.2. The summed E-state index contributed by atoms with van der Waals surface area (Å²) in [6, 6.07) is 25.8. The molecular formula is C39H43N3O2. The predicted molar refractivity (Wildman–Crippen MR) is 181 cm³/mol. The first-order chi connectivity index (χ1) is 20.9. The first kappa shape index (κ1) is 29.8. The van der Waals surface area contributed by atoms with E-state index in [0.29, 0.717) is 25.9 Å². The van der Waals surface area contributed by atoms with Crippen molar-refractivity contribution in [3.05, 3.63) is 90.1 Å². The summed E-state index contributed by atoms with van der Waals surface area (Å²) >= 11 is 0. The molecule has 4 aromatic rings. The van der Waals surface area contributed by atoms with Gasteiger partial charge in [0.25, 0.3) is 0 Å². The SMILES string of the molecule is CC(C)(C)c1cc(-c2ccc(-c3ccc(-c4cc(N5CCCC5=O)cc(N5CCCC5=O)c4)cc3)nc2)cc(C(C)(C)C)c1. The zero-order valence-electron chi connectivity index (χ0n) is 26.9. The molecule has 3 heterocycles. The number of rotatable bonds is 5. The Hall–Kier alpha value is -4.25. The van der Waals surface area contributed by atoms with Gasteiger partial charge in [0, 0.05) is 54.6 Å². The van der Waals surface area contributed by atoms with Crippen LogP contribution < -0.4 is 9.80 Å². The van der Waals surface area contributed by atoms with E-state index >= 15 is 0 Å². The maximum atomic E-state index is 12.6. The molecule has 5 nitrogen and oxygen atoms in total. The monoisotopic (exact) mass is 585 g/mol. The molecule has 0 radical (unpaired) electrons. The number of anilines is 2. The Morgan fingerprint density at radius 1 is 0.545 bits per heavy atom. The Morgan fingerprint density at radius 2 is 1.02 bits per heavy atom. The predicted octanol–water partition coefficient (Wildman–Crippen LogP) is 8.93.